The average Bonchev–Trinajstić information content (AvgIpc) is 3.55. The van der Waals surface area contributed by atoms with Gasteiger partial charge in [-0.1, -0.05) is 88.4 Å². The Balaban J connectivity index is 0.00000329. The molecule has 0 fully saturated rings. The van der Waals surface area contributed by atoms with Crippen LogP contribution in [0.5, 0.6) is 0 Å². The fraction of sp³-hybridized carbons (Fsp3) is 0.211. The molecule has 0 saturated heterocycles. The minimum Gasteiger partial charge on any atom is -0.330 e. The summed E-state index contributed by atoms with van der Waals surface area (Å²) in [4.78, 5) is 11.0. The Bertz CT molecular complexity index is 1800. The third-order valence-corrected chi connectivity index (χ3v) is 8.85. The number of aromatic nitrogens is 4. The van der Waals surface area contributed by atoms with Crippen LogP contribution < -0.4 is 0 Å². The Morgan fingerprint density at radius 1 is 0.512 bits per heavy atom. The first kappa shape index (κ1) is 29.1. The van der Waals surface area contributed by atoms with Gasteiger partial charge in [-0.25, -0.2) is 21.1 Å². The van der Waals surface area contributed by atoms with Gasteiger partial charge in [0.05, 0.1) is 11.4 Å². The number of hydrogen-bond donors (Lipinski definition) is 0. The zero-order chi connectivity index (χ0) is 29.2. The summed E-state index contributed by atoms with van der Waals surface area (Å²) in [6.45, 7) is 8.95. The van der Waals surface area contributed by atoms with Gasteiger partial charge in [0, 0.05) is 36.1 Å². The molecule has 0 unspecified atom stereocenters. The van der Waals surface area contributed by atoms with E-state index in [9.17, 15) is 0 Å². The summed E-state index contributed by atoms with van der Waals surface area (Å²) in [5.41, 5.74) is 9.44. The maximum Gasteiger partial charge on any atom is 2.00 e. The van der Waals surface area contributed by atoms with Gasteiger partial charge in [0.2, 0.25) is 0 Å². The number of benzene rings is 4. The van der Waals surface area contributed by atoms with Gasteiger partial charge < -0.3 is 9.13 Å². The summed E-state index contributed by atoms with van der Waals surface area (Å²) in [5, 5.41) is 0. The van der Waals surface area contributed by atoms with Crippen LogP contribution in [0, 0.1) is 12.1 Å². The first-order valence-electron chi connectivity index (χ1n) is 14.5. The molecule has 0 amide bonds. The molecule has 2 aromatic heterocycles. The molecule has 4 aromatic carbocycles. The van der Waals surface area contributed by atoms with Crippen molar-refractivity contribution >= 4 is 0 Å². The van der Waals surface area contributed by atoms with E-state index in [1.54, 1.807) is 0 Å². The topological polar surface area (TPSA) is 35.6 Å². The van der Waals surface area contributed by atoms with Crippen LogP contribution in [0.4, 0.5) is 0 Å². The van der Waals surface area contributed by atoms with Crippen molar-refractivity contribution in [3.05, 3.63) is 132 Å². The minimum absolute atomic E-state index is 0. The van der Waals surface area contributed by atoms with Crippen molar-refractivity contribution in [2.24, 2.45) is 14.1 Å². The van der Waals surface area contributed by atoms with Gasteiger partial charge in [0.15, 0.2) is 0 Å². The van der Waals surface area contributed by atoms with Gasteiger partial charge in [-0.3, -0.25) is 0 Å². The molecule has 5 heteroatoms. The van der Waals surface area contributed by atoms with Gasteiger partial charge in [-0.05, 0) is 0 Å². The number of fused-ring (bicyclic) bond motifs is 10. The molecule has 43 heavy (non-hydrogen) atoms. The fourth-order valence-electron chi connectivity index (χ4n) is 6.52. The average molecular weight is 742 g/mol. The summed E-state index contributed by atoms with van der Waals surface area (Å²) in [6, 6.07) is 41.4. The van der Waals surface area contributed by atoms with E-state index in [2.05, 4.69) is 160 Å². The molecule has 0 saturated carbocycles. The van der Waals surface area contributed by atoms with Crippen LogP contribution in [-0.4, -0.2) is 19.1 Å². The van der Waals surface area contributed by atoms with Crippen LogP contribution >= 0.6 is 0 Å². The van der Waals surface area contributed by atoms with E-state index in [0.717, 1.165) is 67.8 Å². The van der Waals surface area contributed by atoms with Gasteiger partial charge in [0.25, 0.3) is 0 Å². The van der Waals surface area contributed by atoms with Gasteiger partial charge in [0.1, 0.15) is 23.0 Å². The first-order valence-corrected chi connectivity index (χ1v) is 14.5. The number of nitrogens with zero attached hydrogens (tertiary/aromatic N) is 4. The minimum atomic E-state index is -0.432. The Morgan fingerprint density at radius 3 is 1.26 bits per heavy atom. The molecule has 0 aliphatic carbocycles. The summed E-state index contributed by atoms with van der Waals surface area (Å²) in [5.74, 6) is 1.93. The third-order valence-electron chi connectivity index (χ3n) is 8.85. The first-order chi connectivity index (χ1) is 20.2. The normalized spacial score (nSPS) is 14.5. The molecule has 0 N–H and O–H groups in total. The third kappa shape index (κ3) is 4.55. The Labute approximate surface area is 268 Å². The molecule has 216 valence electrons. The zero-order valence-corrected chi connectivity index (χ0v) is 27.6. The smallest absolute Gasteiger partial charge is 0.330 e. The molecule has 1 aliphatic heterocycles. The van der Waals surface area contributed by atoms with Crippen LogP contribution in [0.2, 0.25) is 0 Å². The molecule has 4 nitrogen and oxygen atoms in total. The predicted molar refractivity (Wildman–Crippen MR) is 170 cm³/mol. The Hall–Kier alpha value is -4.01. The number of imidazole rings is 2. The maximum absolute atomic E-state index is 5.49. The van der Waals surface area contributed by atoms with Gasteiger partial charge in [-0.15, -0.1) is 23.3 Å². The zero-order valence-electron chi connectivity index (χ0n) is 25.3. The number of rotatable bonds is 2. The SMILES string of the molecule is Cn1c2nc(c1-c1ccccc1)-c1nc(n(C)c1-c1ccccc1)C(C)(C)c1[c-]c(ccc1)-c1[c-]c(ccc1)C2(C)C.[Pt+2]. The second-order valence-corrected chi connectivity index (χ2v) is 12.3. The van der Waals surface area contributed by atoms with E-state index >= 15 is 0 Å². The van der Waals surface area contributed by atoms with E-state index in [1.807, 2.05) is 0 Å². The molecule has 8 bridgehead atoms. The van der Waals surface area contributed by atoms with Crippen molar-refractivity contribution in [1.82, 2.24) is 19.1 Å². The standard InChI is InChI=1S/C38H34N4.Pt/c1-37(2)29-21-13-19-27(23-29)28-20-14-22-30(24-28)38(3,4)36-40-32(34(42(36)6)26-17-11-8-12-18-26)31-33(41(5)35(37)39-31)25-15-9-7-10-16-25;/h7-22H,1-6H3;/q-2;+2. The summed E-state index contributed by atoms with van der Waals surface area (Å²) in [6.07, 6.45) is 0. The molecule has 0 radical (unpaired) electrons. The second-order valence-electron chi connectivity index (χ2n) is 12.3. The summed E-state index contributed by atoms with van der Waals surface area (Å²) in [7, 11) is 4.26. The van der Waals surface area contributed by atoms with Gasteiger partial charge >= 0.3 is 21.1 Å². The molecule has 1 aliphatic rings. The number of hydrogen-bond acceptors (Lipinski definition) is 2. The quantitative estimate of drug-likeness (QED) is 0.167. The Kier molecular flexibility index (Phi) is 7.17. The van der Waals surface area contributed by atoms with Crippen molar-refractivity contribution in [2.75, 3.05) is 0 Å². The van der Waals surface area contributed by atoms with Crippen LogP contribution in [0.25, 0.3) is 45.0 Å². The van der Waals surface area contributed by atoms with E-state index in [-0.39, 0.29) is 21.1 Å². The van der Waals surface area contributed by atoms with E-state index in [4.69, 9.17) is 9.97 Å². The molecular formula is C38H34N4Pt. The Morgan fingerprint density at radius 2 is 0.884 bits per heavy atom. The van der Waals surface area contributed by atoms with Crippen molar-refractivity contribution < 1.29 is 21.1 Å². The molecule has 6 aromatic rings. The van der Waals surface area contributed by atoms with Crippen molar-refractivity contribution in [3.63, 3.8) is 0 Å². The molecule has 0 atom stereocenters. The van der Waals surface area contributed by atoms with Crippen LogP contribution in [0.1, 0.15) is 50.5 Å². The fourth-order valence-corrected chi connectivity index (χ4v) is 6.52. The summed E-state index contributed by atoms with van der Waals surface area (Å²) >= 11 is 0. The second kappa shape index (κ2) is 10.6. The van der Waals surface area contributed by atoms with Crippen LogP contribution in [0.15, 0.2) is 97.1 Å². The molecule has 7 rings (SSSR count). The largest absolute Gasteiger partial charge is 2.00 e. The summed E-state index contributed by atoms with van der Waals surface area (Å²) < 4.78 is 4.51. The van der Waals surface area contributed by atoms with E-state index < -0.39 is 10.8 Å². The van der Waals surface area contributed by atoms with Crippen molar-refractivity contribution in [2.45, 2.75) is 38.5 Å². The van der Waals surface area contributed by atoms with E-state index in [0.29, 0.717) is 0 Å². The molecule has 3 heterocycles. The molecular weight excluding hydrogens is 708 g/mol. The maximum atomic E-state index is 5.49. The van der Waals surface area contributed by atoms with Crippen LogP contribution in [-0.2, 0) is 46.0 Å². The monoisotopic (exact) mass is 741 g/mol. The van der Waals surface area contributed by atoms with Crippen LogP contribution in [0.3, 0.4) is 0 Å². The predicted octanol–water partition coefficient (Wildman–Crippen LogP) is 8.38. The van der Waals surface area contributed by atoms with E-state index in [1.165, 1.54) is 0 Å². The van der Waals surface area contributed by atoms with Gasteiger partial charge in [-0.2, -0.15) is 36.4 Å². The van der Waals surface area contributed by atoms with Crippen molar-refractivity contribution in [1.29, 1.82) is 0 Å². The molecule has 0 spiro atoms. The van der Waals surface area contributed by atoms with Crippen molar-refractivity contribution in [3.8, 4) is 45.0 Å².